The number of fused-ring (bicyclic) bond motifs is 1. The van der Waals surface area contributed by atoms with Gasteiger partial charge in [0.15, 0.2) is 0 Å². The Morgan fingerprint density at radius 3 is 2.51 bits per heavy atom. The maximum absolute atomic E-state index is 14.9. The van der Waals surface area contributed by atoms with Crippen LogP contribution in [0.25, 0.3) is 0 Å². The van der Waals surface area contributed by atoms with Gasteiger partial charge >= 0.3 is 5.97 Å². The summed E-state index contributed by atoms with van der Waals surface area (Å²) in [5, 5.41) is 13.6. The molecule has 292 valence electrons. The fourth-order valence-corrected chi connectivity index (χ4v) is 9.37. The van der Waals surface area contributed by atoms with Crippen molar-refractivity contribution in [1.29, 1.82) is 0 Å². The van der Waals surface area contributed by atoms with E-state index in [1.165, 1.54) is 12.0 Å². The molecule has 0 aliphatic carbocycles. The number of hydrogen-bond acceptors (Lipinski definition) is 10. The molecular formula is C39H55BrN4O9. The first-order chi connectivity index (χ1) is 25.5. The average Bonchev–Trinajstić information content (AvgIpc) is 3.75. The van der Waals surface area contributed by atoms with E-state index < -0.39 is 59.6 Å². The van der Waals surface area contributed by atoms with Crippen molar-refractivity contribution in [2.24, 2.45) is 17.8 Å². The highest BCUT2D eigenvalue weighted by Crippen LogP contribution is 2.61. The van der Waals surface area contributed by atoms with Crippen molar-refractivity contribution in [1.82, 2.24) is 20.0 Å². The minimum Gasteiger partial charge on any atom is -0.455 e. The number of benzene rings is 1. The number of hydrogen-bond donors (Lipinski definition) is 2. The van der Waals surface area contributed by atoms with Gasteiger partial charge in [0, 0.05) is 51.1 Å². The zero-order valence-corrected chi connectivity index (χ0v) is 32.7. The third kappa shape index (κ3) is 8.57. The van der Waals surface area contributed by atoms with E-state index in [1.54, 1.807) is 29.2 Å². The van der Waals surface area contributed by atoms with Crippen LogP contribution in [-0.2, 0) is 38.1 Å². The van der Waals surface area contributed by atoms with Crippen LogP contribution in [-0.4, -0.2) is 144 Å². The molecule has 2 N–H and O–H groups in total. The minimum absolute atomic E-state index is 0.0468. The summed E-state index contributed by atoms with van der Waals surface area (Å²) in [4.78, 5) is 62.4. The van der Waals surface area contributed by atoms with Crippen LogP contribution in [0, 0.1) is 17.8 Å². The van der Waals surface area contributed by atoms with Gasteiger partial charge in [0.1, 0.15) is 17.7 Å². The number of nitrogens with zero attached hydrogens (tertiary/aromatic N) is 3. The lowest BCUT2D eigenvalue weighted by molar-refractivity contribution is -0.163. The molecule has 1 unspecified atom stereocenters. The highest BCUT2D eigenvalue weighted by atomic mass is 79.9. The zero-order chi connectivity index (χ0) is 38.3. The van der Waals surface area contributed by atoms with E-state index >= 15 is 0 Å². The summed E-state index contributed by atoms with van der Waals surface area (Å²) >= 11 is 3.75. The number of ether oxygens (including phenoxy) is 4. The van der Waals surface area contributed by atoms with Gasteiger partial charge in [-0.15, -0.1) is 13.2 Å². The van der Waals surface area contributed by atoms with E-state index in [0.717, 1.165) is 13.1 Å². The number of carbonyl (C=O) groups excluding carboxylic acids is 4. The molecule has 3 amide bonds. The molecule has 1 aromatic rings. The maximum atomic E-state index is 14.9. The second-order valence-corrected chi connectivity index (χ2v) is 15.8. The summed E-state index contributed by atoms with van der Waals surface area (Å²) in [6.07, 6.45) is 2.57. The molecule has 5 rings (SSSR count). The van der Waals surface area contributed by atoms with Crippen molar-refractivity contribution in [2.45, 2.75) is 73.9 Å². The van der Waals surface area contributed by atoms with Crippen LogP contribution < -0.4 is 5.32 Å². The predicted octanol–water partition coefficient (Wildman–Crippen LogP) is 2.48. The summed E-state index contributed by atoms with van der Waals surface area (Å²) in [7, 11) is 1.50. The van der Waals surface area contributed by atoms with Crippen LogP contribution in [0.4, 0.5) is 0 Å². The first kappa shape index (κ1) is 41.0. The Morgan fingerprint density at radius 2 is 1.89 bits per heavy atom. The number of nitrogens with one attached hydrogen (secondary N) is 1. The Labute approximate surface area is 321 Å². The molecule has 4 aliphatic rings. The Morgan fingerprint density at radius 1 is 1.17 bits per heavy atom. The molecular weight excluding hydrogens is 748 g/mol. The summed E-state index contributed by atoms with van der Waals surface area (Å²) < 4.78 is 24.1. The number of amides is 3. The van der Waals surface area contributed by atoms with Gasteiger partial charge in [-0.2, -0.15) is 0 Å². The van der Waals surface area contributed by atoms with Crippen molar-refractivity contribution in [3.63, 3.8) is 0 Å². The molecule has 4 fully saturated rings. The fraction of sp³-hybridized carbons (Fsp3) is 0.641. The largest absolute Gasteiger partial charge is 0.455 e. The van der Waals surface area contributed by atoms with Crippen molar-refractivity contribution >= 4 is 39.6 Å². The van der Waals surface area contributed by atoms with Crippen LogP contribution in [0.1, 0.15) is 44.8 Å². The third-order valence-corrected chi connectivity index (χ3v) is 11.8. The second kappa shape index (κ2) is 18.5. The number of carbonyl (C=O) groups is 4. The second-order valence-electron chi connectivity index (χ2n) is 14.7. The van der Waals surface area contributed by atoms with Crippen LogP contribution in [0.2, 0.25) is 0 Å². The van der Waals surface area contributed by atoms with Gasteiger partial charge < -0.3 is 39.2 Å². The van der Waals surface area contributed by atoms with Crippen molar-refractivity contribution in [2.75, 3.05) is 66.3 Å². The normalized spacial score (nSPS) is 28.3. The number of aliphatic hydroxyl groups excluding tert-OH is 1. The molecule has 14 heteroatoms. The van der Waals surface area contributed by atoms with Gasteiger partial charge in [-0.05, 0) is 24.3 Å². The molecule has 0 saturated carbocycles. The van der Waals surface area contributed by atoms with Crippen molar-refractivity contribution in [3.8, 4) is 0 Å². The number of methoxy groups -OCH3 is 1. The lowest BCUT2D eigenvalue weighted by atomic mass is 9.70. The number of aliphatic hydroxyl groups is 1. The molecule has 2 bridgehead atoms. The van der Waals surface area contributed by atoms with E-state index in [2.05, 4.69) is 39.3 Å². The predicted molar refractivity (Wildman–Crippen MR) is 201 cm³/mol. The maximum Gasteiger partial charge on any atom is 0.313 e. The third-order valence-electron chi connectivity index (χ3n) is 11.0. The molecule has 13 nitrogen and oxygen atoms in total. The number of alkyl halides is 1. The summed E-state index contributed by atoms with van der Waals surface area (Å²) in [5.74, 6) is -3.99. The molecule has 1 spiro atoms. The molecule has 1 aromatic carbocycles. The average molecular weight is 804 g/mol. The van der Waals surface area contributed by atoms with E-state index in [0.29, 0.717) is 44.7 Å². The monoisotopic (exact) mass is 802 g/mol. The topological polar surface area (TPSA) is 147 Å². The van der Waals surface area contributed by atoms with Gasteiger partial charge in [-0.1, -0.05) is 72.3 Å². The lowest BCUT2D eigenvalue weighted by Crippen LogP contribution is -2.60. The van der Waals surface area contributed by atoms with Gasteiger partial charge in [-0.25, -0.2) is 0 Å². The minimum atomic E-state index is -1.36. The van der Waals surface area contributed by atoms with E-state index in [4.69, 9.17) is 18.9 Å². The highest BCUT2D eigenvalue weighted by Gasteiger charge is 2.77. The standard InChI is InChI=1S/C39H55BrN4O9/c1-6-8-14-30(46)41-28(24-50-5)33(26-12-10-9-11-13-26)52-38(49)31-32-36(47)44(29(23-45)25(3)4)35(39(32)22-27(40)34(31)53-39)37(48)43(15-7-2)17-16-42-18-20-51-21-19-42/h6-7,9-13,25,27-29,31-35,45H,1-2,8,14-24H2,3-5H3,(H,41,46)/t27?,28-,29-,31+,32-,33-,34+,35+,39-/m0/s1. The zero-order valence-electron chi connectivity index (χ0n) is 31.1. The number of likely N-dealkylation sites (tertiary alicyclic amines) is 1. The molecule has 53 heavy (non-hydrogen) atoms. The van der Waals surface area contributed by atoms with E-state index in [-0.39, 0.29) is 48.7 Å². The van der Waals surface area contributed by atoms with Crippen molar-refractivity contribution < 1.29 is 43.2 Å². The lowest BCUT2D eigenvalue weighted by Gasteiger charge is -2.41. The molecule has 9 atom stereocenters. The number of halogens is 1. The molecule has 4 saturated heterocycles. The van der Waals surface area contributed by atoms with Gasteiger partial charge in [0.25, 0.3) is 0 Å². The van der Waals surface area contributed by atoms with Crippen LogP contribution >= 0.6 is 15.9 Å². The molecule has 0 radical (unpaired) electrons. The number of allylic oxidation sites excluding steroid dienone is 1. The Bertz CT molecular complexity index is 1460. The summed E-state index contributed by atoms with van der Waals surface area (Å²) in [5.41, 5.74) is -0.723. The van der Waals surface area contributed by atoms with Gasteiger partial charge in [-0.3, -0.25) is 24.1 Å². The van der Waals surface area contributed by atoms with Crippen molar-refractivity contribution in [3.05, 3.63) is 61.2 Å². The van der Waals surface area contributed by atoms with Gasteiger partial charge in [0.05, 0.1) is 56.5 Å². The van der Waals surface area contributed by atoms with Crippen LogP contribution in [0.15, 0.2) is 55.6 Å². The van der Waals surface area contributed by atoms with E-state index in [1.807, 2.05) is 32.0 Å². The first-order valence-corrected chi connectivity index (χ1v) is 19.5. The Balaban J connectivity index is 1.50. The molecule has 4 aliphatic heterocycles. The first-order valence-electron chi connectivity index (χ1n) is 18.6. The quantitative estimate of drug-likeness (QED) is 0.122. The Hall–Kier alpha value is -3.14. The SMILES string of the molecule is C=CCCC(=O)N[C@@H](COC)[C@@H](OC(=O)[C@H]1[C@@H]2O[C@@]3(CC2Br)[C@@H]1C(=O)N([C@@H](CO)C(C)C)[C@@H]3C(=O)N(CC=C)CCN1CCOCC1)c1ccccc1. The number of morpholine rings is 1. The Kier molecular flexibility index (Phi) is 14.3. The molecule has 4 heterocycles. The number of esters is 1. The molecule has 0 aromatic heterocycles. The van der Waals surface area contributed by atoms with Gasteiger partial charge in [0.2, 0.25) is 17.7 Å². The smallest absolute Gasteiger partial charge is 0.313 e. The highest BCUT2D eigenvalue weighted by molar-refractivity contribution is 9.09. The summed E-state index contributed by atoms with van der Waals surface area (Å²) in [6, 6.07) is 6.52. The van der Waals surface area contributed by atoms with Crippen LogP contribution in [0.5, 0.6) is 0 Å². The fourth-order valence-electron chi connectivity index (χ4n) is 8.43. The summed E-state index contributed by atoms with van der Waals surface area (Å²) in [6.45, 7) is 15.1. The van der Waals surface area contributed by atoms with Crippen LogP contribution in [0.3, 0.4) is 0 Å². The number of rotatable bonds is 19. The van der Waals surface area contributed by atoms with E-state index in [9.17, 15) is 24.3 Å².